The van der Waals surface area contributed by atoms with Gasteiger partial charge in [0.1, 0.15) is 12.4 Å². The average molecular weight is 257 g/mol. The van der Waals surface area contributed by atoms with Crippen molar-refractivity contribution in [1.29, 1.82) is 0 Å². The second-order valence-electron chi connectivity index (χ2n) is 4.74. The molecule has 0 atom stereocenters. The number of aryl methyl sites for hydroxylation is 1. The lowest BCUT2D eigenvalue weighted by molar-refractivity contribution is -0.0361. The number of aliphatic hydroxyl groups excluding tert-OH is 1. The number of hydrogen-bond donors (Lipinski definition) is 2. The lowest BCUT2D eigenvalue weighted by Gasteiger charge is -2.29. The van der Waals surface area contributed by atoms with E-state index in [0.29, 0.717) is 24.5 Å². The van der Waals surface area contributed by atoms with Crippen molar-refractivity contribution in [2.45, 2.75) is 51.2 Å². The first kappa shape index (κ1) is 13.1. The van der Waals surface area contributed by atoms with Crippen molar-refractivity contribution in [2.75, 3.05) is 5.32 Å². The molecule has 0 aromatic carbocycles. The molecule has 1 fully saturated rings. The van der Waals surface area contributed by atoms with E-state index in [9.17, 15) is 8.78 Å². The number of rotatable bonds is 3. The molecule has 0 bridgehead atoms. The van der Waals surface area contributed by atoms with Gasteiger partial charge in [-0.3, -0.25) is 0 Å². The van der Waals surface area contributed by atoms with E-state index in [1.165, 1.54) is 0 Å². The Morgan fingerprint density at radius 2 is 2.06 bits per heavy atom. The lowest BCUT2D eigenvalue weighted by Crippen LogP contribution is -2.32. The summed E-state index contributed by atoms with van der Waals surface area (Å²) in [6.45, 7) is 1.58. The number of nitrogens with zero attached hydrogens (tertiary/aromatic N) is 2. The summed E-state index contributed by atoms with van der Waals surface area (Å²) in [4.78, 5) is 8.17. The van der Waals surface area contributed by atoms with Gasteiger partial charge >= 0.3 is 0 Å². The molecule has 1 aromatic heterocycles. The van der Waals surface area contributed by atoms with E-state index < -0.39 is 5.92 Å². The summed E-state index contributed by atoms with van der Waals surface area (Å²) in [7, 11) is 0. The largest absolute Gasteiger partial charge is 0.388 e. The summed E-state index contributed by atoms with van der Waals surface area (Å²) in [5.41, 5.74) is 0.748. The van der Waals surface area contributed by atoms with Crippen molar-refractivity contribution in [3.05, 3.63) is 17.6 Å². The first-order valence-corrected chi connectivity index (χ1v) is 6.08. The second kappa shape index (κ2) is 5.14. The Bertz CT molecular complexity index is 416. The van der Waals surface area contributed by atoms with E-state index in [1.54, 1.807) is 13.0 Å². The fourth-order valence-electron chi connectivity index (χ4n) is 2.17. The van der Waals surface area contributed by atoms with Crippen molar-refractivity contribution in [3.63, 3.8) is 0 Å². The molecule has 18 heavy (non-hydrogen) atoms. The Morgan fingerprint density at radius 3 is 2.67 bits per heavy atom. The molecular weight excluding hydrogens is 240 g/mol. The molecule has 2 N–H and O–H groups in total. The smallest absolute Gasteiger partial charge is 0.248 e. The molecule has 0 aliphatic heterocycles. The van der Waals surface area contributed by atoms with Gasteiger partial charge in [-0.15, -0.1) is 0 Å². The van der Waals surface area contributed by atoms with Crippen molar-refractivity contribution in [2.24, 2.45) is 0 Å². The van der Waals surface area contributed by atoms with Crippen LogP contribution in [0.2, 0.25) is 0 Å². The standard InChI is InChI=1S/C12H17F2N3O/c1-8-6-10(17-11(7-18)15-8)16-9-2-4-12(13,14)5-3-9/h6,9,18H,2-5,7H2,1H3,(H,15,16,17). The number of aromatic nitrogens is 2. The Labute approximate surface area is 104 Å². The van der Waals surface area contributed by atoms with E-state index in [-0.39, 0.29) is 25.5 Å². The molecule has 0 spiro atoms. The van der Waals surface area contributed by atoms with Gasteiger partial charge in [0.25, 0.3) is 0 Å². The summed E-state index contributed by atoms with van der Waals surface area (Å²) in [6, 6.07) is 1.77. The van der Waals surface area contributed by atoms with Crippen LogP contribution >= 0.6 is 0 Å². The zero-order valence-electron chi connectivity index (χ0n) is 10.3. The van der Waals surface area contributed by atoms with Crippen LogP contribution in [0.15, 0.2) is 6.07 Å². The van der Waals surface area contributed by atoms with Gasteiger partial charge in [0.15, 0.2) is 5.82 Å². The van der Waals surface area contributed by atoms with Gasteiger partial charge in [-0.2, -0.15) is 0 Å². The van der Waals surface area contributed by atoms with Crippen LogP contribution in [0.5, 0.6) is 0 Å². The van der Waals surface area contributed by atoms with Gasteiger partial charge in [-0.25, -0.2) is 18.7 Å². The molecule has 6 heteroatoms. The predicted molar refractivity (Wildman–Crippen MR) is 63.5 cm³/mol. The molecule has 1 aromatic rings. The van der Waals surface area contributed by atoms with Crippen molar-refractivity contribution < 1.29 is 13.9 Å². The Morgan fingerprint density at radius 1 is 1.39 bits per heavy atom. The van der Waals surface area contributed by atoms with E-state index >= 15 is 0 Å². The highest BCUT2D eigenvalue weighted by atomic mass is 19.3. The van der Waals surface area contributed by atoms with Gasteiger partial charge in [-0.1, -0.05) is 0 Å². The zero-order valence-corrected chi connectivity index (χ0v) is 10.3. The third-order valence-corrected chi connectivity index (χ3v) is 3.11. The third-order valence-electron chi connectivity index (χ3n) is 3.11. The van der Waals surface area contributed by atoms with E-state index in [2.05, 4.69) is 15.3 Å². The number of alkyl halides is 2. The maximum atomic E-state index is 13.0. The molecule has 1 aliphatic rings. The molecule has 0 saturated heterocycles. The SMILES string of the molecule is Cc1cc(NC2CCC(F)(F)CC2)nc(CO)n1. The number of halogens is 2. The molecule has 0 amide bonds. The molecule has 100 valence electrons. The van der Waals surface area contributed by atoms with Crippen LogP contribution in [0.4, 0.5) is 14.6 Å². The first-order chi connectivity index (χ1) is 8.48. The molecule has 2 rings (SSSR count). The molecule has 0 unspecified atom stereocenters. The second-order valence-corrected chi connectivity index (χ2v) is 4.74. The van der Waals surface area contributed by atoms with Crippen LogP contribution in [0.1, 0.15) is 37.2 Å². The fourth-order valence-corrected chi connectivity index (χ4v) is 2.17. The highest BCUT2D eigenvalue weighted by Crippen LogP contribution is 2.34. The Hall–Kier alpha value is -1.30. The van der Waals surface area contributed by atoms with Gasteiger partial charge in [0.2, 0.25) is 5.92 Å². The summed E-state index contributed by atoms with van der Waals surface area (Å²) in [5.74, 6) is -1.57. The Balaban J connectivity index is 2.00. The molecule has 1 heterocycles. The van der Waals surface area contributed by atoms with E-state index in [1.807, 2.05) is 0 Å². The maximum absolute atomic E-state index is 13.0. The lowest BCUT2D eigenvalue weighted by atomic mass is 9.92. The van der Waals surface area contributed by atoms with E-state index in [0.717, 1.165) is 5.69 Å². The number of hydrogen-bond acceptors (Lipinski definition) is 4. The number of aliphatic hydroxyl groups is 1. The fraction of sp³-hybridized carbons (Fsp3) is 0.667. The number of anilines is 1. The predicted octanol–water partition coefficient (Wildman–Crippen LogP) is 2.27. The summed E-state index contributed by atoms with van der Waals surface area (Å²) in [5, 5.41) is 12.1. The minimum atomic E-state index is -2.52. The van der Waals surface area contributed by atoms with Crippen molar-refractivity contribution in [1.82, 2.24) is 9.97 Å². The van der Waals surface area contributed by atoms with Crippen LogP contribution in [0.25, 0.3) is 0 Å². The van der Waals surface area contributed by atoms with Gasteiger partial charge < -0.3 is 10.4 Å². The third kappa shape index (κ3) is 3.35. The van der Waals surface area contributed by atoms with Gasteiger partial charge in [-0.05, 0) is 19.8 Å². The molecule has 1 saturated carbocycles. The number of nitrogens with one attached hydrogen (secondary N) is 1. The van der Waals surface area contributed by atoms with Crippen molar-refractivity contribution in [3.8, 4) is 0 Å². The average Bonchev–Trinajstić information content (AvgIpc) is 2.31. The van der Waals surface area contributed by atoms with Crippen LogP contribution < -0.4 is 5.32 Å². The van der Waals surface area contributed by atoms with Crippen molar-refractivity contribution >= 4 is 5.82 Å². The summed E-state index contributed by atoms with van der Waals surface area (Å²) >= 11 is 0. The molecule has 1 aliphatic carbocycles. The van der Waals surface area contributed by atoms with Crippen LogP contribution in [0.3, 0.4) is 0 Å². The maximum Gasteiger partial charge on any atom is 0.248 e. The topological polar surface area (TPSA) is 58.0 Å². The van der Waals surface area contributed by atoms with Gasteiger partial charge in [0.05, 0.1) is 0 Å². The van der Waals surface area contributed by atoms with Crippen LogP contribution in [-0.2, 0) is 6.61 Å². The summed E-state index contributed by atoms with van der Waals surface area (Å²) < 4.78 is 26.0. The molecule has 4 nitrogen and oxygen atoms in total. The van der Waals surface area contributed by atoms with Gasteiger partial charge in [0, 0.05) is 30.6 Å². The monoisotopic (exact) mass is 257 g/mol. The minimum Gasteiger partial charge on any atom is -0.388 e. The van der Waals surface area contributed by atoms with E-state index in [4.69, 9.17) is 5.11 Å². The quantitative estimate of drug-likeness (QED) is 0.872. The summed E-state index contributed by atoms with van der Waals surface area (Å²) in [6.07, 6.45) is 0.707. The zero-order chi connectivity index (χ0) is 13.2. The normalized spacial score (nSPS) is 19.8. The van der Waals surface area contributed by atoms with Crippen LogP contribution in [0, 0.1) is 6.92 Å². The first-order valence-electron chi connectivity index (χ1n) is 6.08. The molecule has 0 radical (unpaired) electrons. The highest BCUT2D eigenvalue weighted by molar-refractivity contribution is 5.37. The molecular formula is C12H17F2N3O. The minimum absolute atomic E-state index is 0.0190. The van der Waals surface area contributed by atoms with Crippen LogP contribution in [-0.4, -0.2) is 27.0 Å². The Kier molecular flexibility index (Phi) is 3.75. The highest BCUT2D eigenvalue weighted by Gasteiger charge is 2.34.